The monoisotopic (exact) mass is 368 g/mol. The Morgan fingerprint density at radius 1 is 1.26 bits per heavy atom. The molecule has 2 aliphatic rings. The Labute approximate surface area is 158 Å². The number of urea groups is 1. The Balaban J connectivity index is 1.60. The molecule has 2 fully saturated rings. The van der Waals surface area contributed by atoms with Crippen molar-refractivity contribution in [3.63, 3.8) is 0 Å². The molecule has 27 heavy (non-hydrogen) atoms. The number of imidazole rings is 1. The summed E-state index contributed by atoms with van der Waals surface area (Å²) in [5.41, 5.74) is 6.53. The van der Waals surface area contributed by atoms with Crippen LogP contribution in [0.4, 0.5) is 10.5 Å². The number of carbonyl (C=O) groups is 2. The topological polar surface area (TPSA) is 87.7 Å². The second kappa shape index (κ2) is 6.38. The molecule has 1 aromatic heterocycles. The summed E-state index contributed by atoms with van der Waals surface area (Å²) in [7, 11) is 4.00. The van der Waals surface area contributed by atoms with E-state index in [9.17, 15) is 9.59 Å². The zero-order valence-electron chi connectivity index (χ0n) is 15.6. The van der Waals surface area contributed by atoms with Crippen LogP contribution >= 0.6 is 0 Å². The molecule has 4 rings (SSSR count). The summed E-state index contributed by atoms with van der Waals surface area (Å²) in [4.78, 5) is 34.6. The summed E-state index contributed by atoms with van der Waals surface area (Å²) in [5, 5.41) is 0. The summed E-state index contributed by atoms with van der Waals surface area (Å²) in [6.07, 6.45) is 5.15. The van der Waals surface area contributed by atoms with Crippen molar-refractivity contribution in [1.29, 1.82) is 0 Å². The van der Waals surface area contributed by atoms with Crippen LogP contribution in [0.3, 0.4) is 0 Å². The number of primary amides is 1. The van der Waals surface area contributed by atoms with Gasteiger partial charge in [0.1, 0.15) is 11.4 Å². The zero-order chi connectivity index (χ0) is 19.2. The van der Waals surface area contributed by atoms with E-state index in [2.05, 4.69) is 9.88 Å². The van der Waals surface area contributed by atoms with Gasteiger partial charge in [-0.1, -0.05) is 0 Å². The van der Waals surface area contributed by atoms with Crippen molar-refractivity contribution < 1.29 is 9.59 Å². The molecule has 2 N–H and O–H groups in total. The van der Waals surface area contributed by atoms with Gasteiger partial charge in [-0.3, -0.25) is 9.69 Å². The highest BCUT2D eigenvalue weighted by Gasteiger charge is 2.56. The van der Waals surface area contributed by atoms with E-state index in [0.29, 0.717) is 19.5 Å². The van der Waals surface area contributed by atoms with E-state index in [0.717, 1.165) is 30.2 Å². The first-order valence-corrected chi connectivity index (χ1v) is 9.09. The van der Waals surface area contributed by atoms with Crippen LogP contribution in [-0.2, 0) is 11.3 Å². The molecule has 0 radical (unpaired) electrons. The number of benzene rings is 1. The molecule has 1 atom stereocenters. The van der Waals surface area contributed by atoms with Crippen LogP contribution in [0, 0.1) is 0 Å². The number of aromatic nitrogens is 2. The van der Waals surface area contributed by atoms with Gasteiger partial charge in [-0.15, -0.1) is 0 Å². The molecule has 8 heteroatoms. The fraction of sp³-hybridized carbons (Fsp3) is 0.421. The van der Waals surface area contributed by atoms with Crippen molar-refractivity contribution in [2.24, 2.45) is 5.73 Å². The third-order valence-corrected chi connectivity index (χ3v) is 5.44. The number of nitrogens with zero attached hydrogens (tertiary/aromatic N) is 5. The van der Waals surface area contributed by atoms with Crippen LogP contribution in [0.15, 0.2) is 36.7 Å². The van der Waals surface area contributed by atoms with E-state index in [-0.39, 0.29) is 6.03 Å². The maximum Gasteiger partial charge on any atom is 0.325 e. The molecule has 0 aliphatic carbocycles. The summed E-state index contributed by atoms with van der Waals surface area (Å²) in [5.74, 6) is 0.525. The number of nitrogens with two attached hydrogens (primary N) is 1. The molecule has 2 saturated heterocycles. The van der Waals surface area contributed by atoms with Crippen molar-refractivity contribution in [3.8, 4) is 5.69 Å². The smallest absolute Gasteiger partial charge is 0.325 e. The van der Waals surface area contributed by atoms with Crippen molar-refractivity contribution in [2.45, 2.75) is 24.9 Å². The molecule has 0 spiro atoms. The van der Waals surface area contributed by atoms with E-state index >= 15 is 0 Å². The van der Waals surface area contributed by atoms with Gasteiger partial charge in [0, 0.05) is 30.3 Å². The van der Waals surface area contributed by atoms with Gasteiger partial charge in [-0.05, 0) is 51.2 Å². The second-order valence-corrected chi connectivity index (χ2v) is 7.49. The van der Waals surface area contributed by atoms with Gasteiger partial charge in [-0.25, -0.2) is 9.78 Å². The first kappa shape index (κ1) is 17.5. The summed E-state index contributed by atoms with van der Waals surface area (Å²) in [6.45, 7) is 1.63. The van der Waals surface area contributed by atoms with Crippen LogP contribution in [0.1, 0.15) is 18.7 Å². The number of carbonyl (C=O) groups excluding carboxylic acids is 2. The lowest BCUT2D eigenvalue weighted by Crippen LogP contribution is -2.52. The Hall–Kier alpha value is -2.87. The number of amides is 3. The van der Waals surface area contributed by atoms with E-state index in [4.69, 9.17) is 5.73 Å². The first-order valence-electron chi connectivity index (χ1n) is 9.09. The van der Waals surface area contributed by atoms with Gasteiger partial charge in [0.25, 0.3) is 0 Å². The molecule has 3 heterocycles. The standard InChI is InChI=1S/C19H24N6O2/c1-22(2)12-16-21-9-11-23(16)14-4-6-15(7-5-14)24-13-19(17(20)26)8-3-10-25(19)18(24)27/h4-7,9,11H,3,8,10,12-13H2,1-2H3,(H2,20,26)/t19-/m1/s1. The van der Waals surface area contributed by atoms with Gasteiger partial charge >= 0.3 is 6.03 Å². The molecule has 0 bridgehead atoms. The molecule has 1 aromatic carbocycles. The van der Waals surface area contributed by atoms with Gasteiger partial charge in [0.05, 0.1) is 13.1 Å². The van der Waals surface area contributed by atoms with E-state index in [1.54, 1.807) is 16.0 Å². The minimum absolute atomic E-state index is 0.144. The molecule has 2 aromatic rings. The average Bonchev–Trinajstić information content (AvgIpc) is 3.31. The summed E-state index contributed by atoms with van der Waals surface area (Å²) in [6, 6.07) is 7.59. The molecule has 3 amide bonds. The fourth-order valence-corrected chi connectivity index (χ4v) is 4.09. The third-order valence-electron chi connectivity index (χ3n) is 5.44. The van der Waals surface area contributed by atoms with Crippen LogP contribution in [0.5, 0.6) is 0 Å². The van der Waals surface area contributed by atoms with E-state index in [1.807, 2.05) is 49.1 Å². The predicted molar refractivity (Wildman–Crippen MR) is 102 cm³/mol. The lowest BCUT2D eigenvalue weighted by atomic mass is 9.96. The highest BCUT2D eigenvalue weighted by atomic mass is 16.2. The number of fused-ring (bicyclic) bond motifs is 1. The van der Waals surface area contributed by atoms with Crippen molar-refractivity contribution in [1.82, 2.24) is 19.4 Å². The molecule has 0 unspecified atom stereocenters. The quantitative estimate of drug-likeness (QED) is 0.859. The highest BCUT2D eigenvalue weighted by Crippen LogP contribution is 2.38. The number of anilines is 1. The third kappa shape index (κ3) is 2.76. The van der Waals surface area contributed by atoms with Crippen molar-refractivity contribution in [3.05, 3.63) is 42.5 Å². The van der Waals surface area contributed by atoms with Gasteiger partial charge < -0.3 is 20.1 Å². The second-order valence-electron chi connectivity index (χ2n) is 7.49. The maximum atomic E-state index is 12.8. The van der Waals surface area contributed by atoms with Crippen LogP contribution in [0.25, 0.3) is 5.69 Å². The Morgan fingerprint density at radius 2 is 1.96 bits per heavy atom. The minimum atomic E-state index is -0.862. The fourth-order valence-electron chi connectivity index (χ4n) is 4.09. The number of hydrogen-bond acceptors (Lipinski definition) is 4. The molecule has 8 nitrogen and oxygen atoms in total. The van der Waals surface area contributed by atoms with Crippen molar-refractivity contribution >= 4 is 17.6 Å². The van der Waals surface area contributed by atoms with Crippen molar-refractivity contribution in [2.75, 3.05) is 32.1 Å². The maximum absolute atomic E-state index is 12.8. The largest absolute Gasteiger partial charge is 0.368 e. The molecule has 142 valence electrons. The van der Waals surface area contributed by atoms with Crippen LogP contribution in [0.2, 0.25) is 0 Å². The molecular weight excluding hydrogens is 344 g/mol. The first-order chi connectivity index (χ1) is 12.9. The normalized spacial score (nSPS) is 22.0. The molecular formula is C19H24N6O2. The predicted octanol–water partition coefficient (Wildman–Crippen LogP) is 1.19. The Morgan fingerprint density at radius 3 is 2.59 bits per heavy atom. The zero-order valence-corrected chi connectivity index (χ0v) is 15.6. The van der Waals surface area contributed by atoms with Crippen LogP contribution < -0.4 is 10.6 Å². The Bertz CT molecular complexity index is 875. The Kier molecular flexibility index (Phi) is 4.15. The SMILES string of the molecule is CN(C)Cc1nccn1-c1ccc(N2C[C@@]3(C(N)=O)CCCN3C2=O)cc1. The van der Waals surface area contributed by atoms with E-state index in [1.165, 1.54) is 0 Å². The van der Waals surface area contributed by atoms with E-state index < -0.39 is 11.4 Å². The molecule has 2 aliphatic heterocycles. The molecule has 0 saturated carbocycles. The summed E-state index contributed by atoms with van der Waals surface area (Å²) >= 11 is 0. The minimum Gasteiger partial charge on any atom is -0.368 e. The average molecular weight is 368 g/mol. The van der Waals surface area contributed by atoms with Gasteiger partial charge in [0.2, 0.25) is 5.91 Å². The lowest BCUT2D eigenvalue weighted by molar-refractivity contribution is -0.125. The summed E-state index contributed by atoms with van der Waals surface area (Å²) < 4.78 is 2.03. The van der Waals surface area contributed by atoms with Gasteiger partial charge in [0.15, 0.2) is 0 Å². The highest BCUT2D eigenvalue weighted by molar-refractivity contribution is 6.03. The van der Waals surface area contributed by atoms with Gasteiger partial charge in [-0.2, -0.15) is 0 Å². The van der Waals surface area contributed by atoms with Crippen LogP contribution in [-0.4, -0.2) is 64.0 Å². The number of rotatable bonds is 5. The number of hydrogen-bond donors (Lipinski definition) is 1. The lowest BCUT2D eigenvalue weighted by Gasteiger charge is -2.25.